The minimum atomic E-state index is 0.217. The van der Waals surface area contributed by atoms with E-state index < -0.39 is 0 Å². The second kappa shape index (κ2) is 5.57. The molecular formula is C6H14BrN. The zero-order valence-corrected chi connectivity index (χ0v) is 6.95. The maximum absolute atomic E-state index is 5.45. The van der Waals surface area contributed by atoms with Crippen molar-refractivity contribution in [3.63, 3.8) is 0 Å². The van der Waals surface area contributed by atoms with E-state index >= 15 is 0 Å². The van der Waals surface area contributed by atoms with Crippen LogP contribution in [-0.2, 0) is 0 Å². The number of alkyl halides is 1. The highest BCUT2D eigenvalue weighted by molar-refractivity contribution is 9.09. The molecule has 0 aromatic carbocycles. The van der Waals surface area contributed by atoms with Crippen molar-refractivity contribution in [2.75, 3.05) is 0 Å². The molecule has 0 saturated carbocycles. The van der Waals surface area contributed by atoms with E-state index in [0.29, 0.717) is 0 Å². The van der Waals surface area contributed by atoms with Gasteiger partial charge in [0.15, 0.2) is 0 Å². The predicted octanol–water partition coefficient (Wildman–Crippen LogP) is 2.25. The van der Waals surface area contributed by atoms with Crippen molar-refractivity contribution >= 4 is 15.9 Å². The zero-order chi connectivity index (χ0) is 6.41. The van der Waals surface area contributed by atoms with E-state index in [9.17, 15) is 0 Å². The molecule has 0 heterocycles. The van der Waals surface area contributed by atoms with Crippen molar-refractivity contribution in [1.29, 1.82) is 0 Å². The predicted molar refractivity (Wildman–Crippen MR) is 41.0 cm³/mol. The Balaban J connectivity index is 2.72. The molecule has 8 heavy (non-hydrogen) atoms. The molecule has 0 aliphatic heterocycles. The van der Waals surface area contributed by atoms with Gasteiger partial charge in [-0.2, -0.15) is 0 Å². The minimum Gasteiger partial charge on any atom is -0.319 e. The van der Waals surface area contributed by atoms with Crippen molar-refractivity contribution in [3.05, 3.63) is 0 Å². The Morgan fingerprint density at radius 2 is 2.12 bits per heavy atom. The second-order valence-electron chi connectivity index (χ2n) is 2.01. The third-order valence-corrected chi connectivity index (χ3v) is 1.54. The molecule has 0 spiro atoms. The third-order valence-electron chi connectivity index (χ3n) is 1.08. The molecule has 0 radical (unpaired) electrons. The Hall–Kier alpha value is 0.440. The number of halogens is 1. The van der Waals surface area contributed by atoms with Gasteiger partial charge in [0.05, 0.1) is 4.95 Å². The van der Waals surface area contributed by atoms with Crippen LogP contribution in [0.4, 0.5) is 0 Å². The van der Waals surface area contributed by atoms with Crippen LogP contribution in [0.2, 0.25) is 0 Å². The molecule has 0 aliphatic carbocycles. The van der Waals surface area contributed by atoms with Crippen molar-refractivity contribution in [2.24, 2.45) is 5.73 Å². The van der Waals surface area contributed by atoms with E-state index in [1.807, 2.05) is 0 Å². The number of unbranched alkanes of at least 4 members (excludes halogenated alkanes) is 2. The Kier molecular flexibility index (Phi) is 5.88. The molecule has 50 valence electrons. The molecule has 0 aromatic heterocycles. The van der Waals surface area contributed by atoms with Crippen LogP contribution in [-0.4, -0.2) is 4.95 Å². The van der Waals surface area contributed by atoms with Gasteiger partial charge in [0.2, 0.25) is 0 Å². The van der Waals surface area contributed by atoms with Gasteiger partial charge < -0.3 is 5.73 Å². The van der Waals surface area contributed by atoms with Crippen LogP contribution in [0.1, 0.15) is 32.6 Å². The maximum Gasteiger partial charge on any atom is 0.0605 e. The Morgan fingerprint density at radius 1 is 1.50 bits per heavy atom. The average Bonchev–Trinajstić information content (AvgIpc) is 1.66. The Bertz CT molecular complexity index is 45.8. The molecule has 0 amide bonds. The first kappa shape index (κ1) is 8.44. The van der Waals surface area contributed by atoms with Crippen molar-refractivity contribution in [3.8, 4) is 0 Å². The van der Waals surface area contributed by atoms with Crippen LogP contribution >= 0.6 is 15.9 Å². The Morgan fingerprint density at radius 3 is 2.50 bits per heavy atom. The summed E-state index contributed by atoms with van der Waals surface area (Å²) in [5, 5.41) is 0. The van der Waals surface area contributed by atoms with Crippen molar-refractivity contribution < 1.29 is 0 Å². The van der Waals surface area contributed by atoms with E-state index in [0.717, 1.165) is 6.42 Å². The average molecular weight is 180 g/mol. The molecule has 1 atom stereocenters. The SMILES string of the molecule is CCCCC[C@@H](N)Br. The van der Waals surface area contributed by atoms with Crippen LogP contribution in [0.25, 0.3) is 0 Å². The van der Waals surface area contributed by atoms with E-state index in [-0.39, 0.29) is 4.95 Å². The lowest BCUT2D eigenvalue weighted by Crippen LogP contribution is -2.09. The van der Waals surface area contributed by atoms with Crippen LogP contribution in [0.15, 0.2) is 0 Å². The molecule has 0 rings (SSSR count). The largest absolute Gasteiger partial charge is 0.319 e. The summed E-state index contributed by atoms with van der Waals surface area (Å²) < 4.78 is 0. The van der Waals surface area contributed by atoms with Crippen molar-refractivity contribution in [1.82, 2.24) is 0 Å². The zero-order valence-electron chi connectivity index (χ0n) is 5.36. The molecule has 0 aliphatic rings. The van der Waals surface area contributed by atoms with Gasteiger partial charge in [0, 0.05) is 0 Å². The van der Waals surface area contributed by atoms with Gasteiger partial charge in [-0.15, -0.1) is 0 Å². The minimum absolute atomic E-state index is 0.217. The van der Waals surface area contributed by atoms with Gasteiger partial charge in [-0.1, -0.05) is 42.1 Å². The summed E-state index contributed by atoms with van der Waals surface area (Å²) >= 11 is 3.28. The van der Waals surface area contributed by atoms with Crippen LogP contribution in [0.3, 0.4) is 0 Å². The first-order valence-electron chi connectivity index (χ1n) is 3.17. The molecule has 2 N–H and O–H groups in total. The summed E-state index contributed by atoms with van der Waals surface area (Å²) in [6.45, 7) is 2.19. The van der Waals surface area contributed by atoms with Crippen molar-refractivity contribution in [2.45, 2.75) is 37.6 Å². The summed E-state index contributed by atoms with van der Waals surface area (Å²) in [5.74, 6) is 0. The van der Waals surface area contributed by atoms with Crippen LogP contribution < -0.4 is 5.73 Å². The molecule has 1 nitrogen and oxygen atoms in total. The van der Waals surface area contributed by atoms with Gasteiger partial charge in [0.1, 0.15) is 0 Å². The lowest BCUT2D eigenvalue weighted by molar-refractivity contribution is 0.659. The van der Waals surface area contributed by atoms with Gasteiger partial charge >= 0.3 is 0 Å². The molecule has 0 saturated heterocycles. The molecule has 2 heteroatoms. The highest BCUT2D eigenvalue weighted by Crippen LogP contribution is 2.04. The molecule has 0 bridgehead atoms. The summed E-state index contributed by atoms with van der Waals surface area (Å²) in [7, 11) is 0. The number of hydrogen-bond donors (Lipinski definition) is 1. The second-order valence-corrected chi connectivity index (χ2v) is 3.19. The lowest BCUT2D eigenvalue weighted by atomic mass is 10.2. The number of rotatable bonds is 4. The molecule has 0 aromatic rings. The van der Waals surface area contributed by atoms with Gasteiger partial charge in [-0.25, -0.2) is 0 Å². The smallest absolute Gasteiger partial charge is 0.0605 e. The molecule has 0 fully saturated rings. The topological polar surface area (TPSA) is 26.0 Å². The van der Waals surface area contributed by atoms with E-state index in [2.05, 4.69) is 22.9 Å². The fourth-order valence-corrected chi connectivity index (χ4v) is 0.913. The summed E-state index contributed by atoms with van der Waals surface area (Å²) in [6, 6.07) is 0. The standard InChI is InChI=1S/C6H14BrN/c1-2-3-4-5-6(7)8/h6H,2-5,8H2,1H3/t6-/m1/s1. The number of hydrogen-bond acceptors (Lipinski definition) is 1. The highest BCUT2D eigenvalue weighted by Gasteiger charge is 1.92. The first-order chi connectivity index (χ1) is 3.77. The summed E-state index contributed by atoms with van der Waals surface area (Å²) in [4.78, 5) is 0.217. The summed E-state index contributed by atoms with van der Waals surface area (Å²) in [5.41, 5.74) is 5.45. The monoisotopic (exact) mass is 179 g/mol. The van der Waals surface area contributed by atoms with E-state index in [4.69, 9.17) is 5.73 Å². The molecule has 0 unspecified atom stereocenters. The quantitative estimate of drug-likeness (QED) is 0.400. The first-order valence-corrected chi connectivity index (χ1v) is 4.08. The van der Waals surface area contributed by atoms with Gasteiger partial charge in [0.25, 0.3) is 0 Å². The normalized spacial score (nSPS) is 13.9. The van der Waals surface area contributed by atoms with Gasteiger partial charge in [-0.05, 0) is 6.42 Å². The highest BCUT2D eigenvalue weighted by atomic mass is 79.9. The Labute approximate surface area is 59.8 Å². The van der Waals surface area contributed by atoms with Crippen LogP contribution in [0.5, 0.6) is 0 Å². The lowest BCUT2D eigenvalue weighted by Gasteiger charge is -1.99. The van der Waals surface area contributed by atoms with Crippen LogP contribution in [0, 0.1) is 0 Å². The molecular weight excluding hydrogens is 166 g/mol. The van der Waals surface area contributed by atoms with E-state index in [1.165, 1.54) is 19.3 Å². The van der Waals surface area contributed by atoms with Gasteiger partial charge in [-0.3, -0.25) is 0 Å². The maximum atomic E-state index is 5.45. The fourth-order valence-electron chi connectivity index (χ4n) is 0.589. The number of nitrogens with two attached hydrogens (primary N) is 1. The fraction of sp³-hybridized carbons (Fsp3) is 1.00. The van der Waals surface area contributed by atoms with E-state index in [1.54, 1.807) is 0 Å². The summed E-state index contributed by atoms with van der Waals surface area (Å²) in [6.07, 6.45) is 4.94. The third kappa shape index (κ3) is 6.44.